The molecule has 0 saturated carbocycles. The average molecular weight is 405 g/mol. The van der Waals surface area contributed by atoms with Gasteiger partial charge in [0, 0.05) is 13.1 Å². The lowest BCUT2D eigenvalue weighted by Gasteiger charge is -2.27. The highest BCUT2D eigenvalue weighted by Crippen LogP contribution is 2.07. The molecule has 0 aromatic heterocycles. The molecule has 0 radical (unpaired) electrons. The van der Waals surface area contributed by atoms with E-state index < -0.39 is 18.0 Å². The van der Waals surface area contributed by atoms with E-state index in [2.05, 4.69) is 10.6 Å². The predicted molar refractivity (Wildman–Crippen MR) is 110 cm³/mol. The van der Waals surface area contributed by atoms with Crippen molar-refractivity contribution < 1.29 is 19.1 Å². The highest BCUT2D eigenvalue weighted by atomic mass is 16.5. The molecule has 8 heteroatoms. The van der Waals surface area contributed by atoms with Crippen LogP contribution < -0.4 is 16.4 Å². The van der Waals surface area contributed by atoms with Crippen LogP contribution >= 0.6 is 0 Å². The molecular weight excluding hydrogens is 372 g/mol. The number of aryl methyl sites for hydroxylation is 1. The average Bonchev–Trinajstić information content (AvgIpc) is 2.72. The van der Waals surface area contributed by atoms with Crippen LogP contribution in [0.15, 0.2) is 30.3 Å². The quantitative estimate of drug-likeness (QED) is 0.488. The fourth-order valence-corrected chi connectivity index (χ4v) is 3.27. The Hall–Kier alpha value is -2.45. The Morgan fingerprint density at radius 2 is 1.76 bits per heavy atom. The van der Waals surface area contributed by atoms with E-state index in [1.54, 1.807) is 0 Å². The molecule has 1 aliphatic heterocycles. The molecule has 4 N–H and O–H groups in total. The standard InChI is InChI=1S/C21H32N4O4/c1-2-6-17(20(22)27)24-21(28)18(10-9-16-7-4-3-5-8-16)23-19(26)15-25-11-13-29-14-12-25/h3-5,7-8,17-18H,2,6,9-15H2,1H3,(H2,22,27)(H,23,26)(H,24,28)/t17?,18-/m0/s1. The van der Waals surface area contributed by atoms with Crippen LogP contribution in [-0.2, 0) is 25.5 Å². The van der Waals surface area contributed by atoms with Gasteiger partial charge >= 0.3 is 0 Å². The molecule has 2 rings (SSSR count). The number of nitrogens with two attached hydrogens (primary N) is 1. The summed E-state index contributed by atoms with van der Waals surface area (Å²) in [6.45, 7) is 4.71. The van der Waals surface area contributed by atoms with Crippen molar-refractivity contribution in [2.75, 3.05) is 32.8 Å². The lowest BCUT2D eigenvalue weighted by Crippen LogP contribution is -2.54. The minimum absolute atomic E-state index is 0.215. The number of hydrogen-bond donors (Lipinski definition) is 3. The van der Waals surface area contributed by atoms with Gasteiger partial charge in [-0.25, -0.2) is 0 Å². The summed E-state index contributed by atoms with van der Waals surface area (Å²) < 4.78 is 5.30. The Balaban J connectivity index is 1.99. The zero-order chi connectivity index (χ0) is 21.1. The number of nitrogens with one attached hydrogen (secondary N) is 2. The third kappa shape index (κ3) is 8.21. The molecule has 1 saturated heterocycles. The van der Waals surface area contributed by atoms with Crippen molar-refractivity contribution in [2.24, 2.45) is 5.73 Å². The van der Waals surface area contributed by atoms with Crippen LogP contribution in [0.5, 0.6) is 0 Å². The summed E-state index contributed by atoms with van der Waals surface area (Å²) in [5.74, 6) is -1.17. The second-order valence-electron chi connectivity index (χ2n) is 7.29. The maximum Gasteiger partial charge on any atom is 0.243 e. The molecule has 1 aliphatic rings. The summed E-state index contributed by atoms with van der Waals surface area (Å²) >= 11 is 0. The summed E-state index contributed by atoms with van der Waals surface area (Å²) in [5, 5.41) is 5.54. The third-order valence-electron chi connectivity index (χ3n) is 4.92. The predicted octanol–water partition coefficient (Wildman–Crippen LogP) is 0.206. The Morgan fingerprint density at radius 1 is 1.07 bits per heavy atom. The molecule has 0 bridgehead atoms. The second-order valence-corrected chi connectivity index (χ2v) is 7.29. The van der Waals surface area contributed by atoms with Crippen LogP contribution in [0.4, 0.5) is 0 Å². The lowest BCUT2D eigenvalue weighted by molar-refractivity contribution is -0.132. The minimum Gasteiger partial charge on any atom is -0.379 e. The molecule has 160 valence electrons. The van der Waals surface area contributed by atoms with Crippen LogP contribution in [0, 0.1) is 0 Å². The topological polar surface area (TPSA) is 114 Å². The van der Waals surface area contributed by atoms with E-state index in [1.165, 1.54) is 0 Å². The van der Waals surface area contributed by atoms with Gasteiger partial charge in [-0.1, -0.05) is 43.7 Å². The minimum atomic E-state index is -0.734. The van der Waals surface area contributed by atoms with E-state index in [9.17, 15) is 14.4 Å². The summed E-state index contributed by atoms with van der Waals surface area (Å²) in [6, 6.07) is 8.30. The van der Waals surface area contributed by atoms with Crippen molar-refractivity contribution in [2.45, 2.75) is 44.7 Å². The van der Waals surface area contributed by atoms with E-state index >= 15 is 0 Å². The van der Waals surface area contributed by atoms with Crippen molar-refractivity contribution in [1.29, 1.82) is 0 Å². The first-order valence-corrected chi connectivity index (χ1v) is 10.2. The molecule has 1 fully saturated rings. The van der Waals surface area contributed by atoms with Gasteiger partial charge in [0.05, 0.1) is 19.8 Å². The maximum atomic E-state index is 12.8. The van der Waals surface area contributed by atoms with Crippen molar-refractivity contribution >= 4 is 17.7 Å². The number of morpholine rings is 1. The van der Waals surface area contributed by atoms with E-state index in [0.29, 0.717) is 52.0 Å². The molecule has 1 heterocycles. The molecule has 1 unspecified atom stereocenters. The van der Waals surface area contributed by atoms with Crippen LogP contribution in [0.1, 0.15) is 31.7 Å². The number of carbonyl (C=O) groups is 3. The first kappa shape index (κ1) is 22.8. The zero-order valence-electron chi connectivity index (χ0n) is 17.1. The highest BCUT2D eigenvalue weighted by Gasteiger charge is 2.26. The monoisotopic (exact) mass is 404 g/mol. The number of amides is 3. The van der Waals surface area contributed by atoms with E-state index in [1.807, 2.05) is 42.2 Å². The molecule has 0 aliphatic carbocycles. The summed E-state index contributed by atoms with van der Waals surface area (Å²) in [7, 11) is 0. The van der Waals surface area contributed by atoms with Gasteiger partial charge in [0.2, 0.25) is 17.7 Å². The van der Waals surface area contributed by atoms with E-state index in [-0.39, 0.29) is 18.4 Å². The molecule has 2 atom stereocenters. The largest absolute Gasteiger partial charge is 0.379 e. The summed E-state index contributed by atoms with van der Waals surface area (Å²) in [4.78, 5) is 38.9. The van der Waals surface area contributed by atoms with Crippen LogP contribution in [0.2, 0.25) is 0 Å². The Morgan fingerprint density at radius 3 is 2.38 bits per heavy atom. The summed E-state index contributed by atoms with van der Waals surface area (Å²) in [6.07, 6.45) is 2.24. The smallest absolute Gasteiger partial charge is 0.243 e. The van der Waals surface area contributed by atoms with Gasteiger partial charge in [-0.15, -0.1) is 0 Å². The molecule has 0 spiro atoms. The third-order valence-corrected chi connectivity index (χ3v) is 4.92. The molecule has 3 amide bonds. The van der Waals surface area contributed by atoms with Crippen molar-refractivity contribution in [3.63, 3.8) is 0 Å². The normalized spacial score (nSPS) is 16.6. The van der Waals surface area contributed by atoms with Gasteiger partial charge in [-0.05, 0) is 24.8 Å². The van der Waals surface area contributed by atoms with Crippen molar-refractivity contribution in [1.82, 2.24) is 15.5 Å². The number of rotatable bonds is 11. The van der Waals surface area contributed by atoms with Crippen molar-refractivity contribution in [3.05, 3.63) is 35.9 Å². The summed E-state index contributed by atoms with van der Waals surface area (Å²) in [5.41, 5.74) is 6.48. The number of ether oxygens (including phenoxy) is 1. The number of hydrogen-bond acceptors (Lipinski definition) is 5. The van der Waals surface area contributed by atoms with Crippen LogP contribution in [-0.4, -0.2) is 67.6 Å². The molecule has 1 aromatic rings. The number of carbonyl (C=O) groups excluding carboxylic acids is 3. The van der Waals surface area contributed by atoms with Gasteiger partial charge in [-0.2, -0.15) is 0 Å². The lowest BCUT2D eigenvalue weighted by atomic mass is 10.0. The van der Waals surface area contributed by atoms with Crippen LogP contribution in [0.25, 0.3) is 0 Å². The number of primary amides is 1. The zero-order valence-corrected chi connectivity index (χ0v) is 17.1. The first-order chi connectivity index (χ1) is 14.0. The van der Waals surface area contributed by atoms with Crippen molar-refractivity contribution in [3.8, 4) is 0 Å². The van der Waals surface area contributed by atoms with Gasteiger partial charge in [0.1, 0.15) is 12.1 Å². The van der Waals surface area contributed by atoms with E-state index in [0.717, 1.165) is 5.56 Å². The first-order valence-electron chi connectivity index (χ1n) is 10.2. The molecular formula is C21H32N4O4. The van der Waals surface area contributed by atoms with Gasteiger partial charge in [-0.3, -0.25) is 19.3 Å². The fraction of sp³-hybridized carbons (Fsp3) is 0.571. The molecule has 1 aromatic carbocycles. The van der Waals surface area contributed by atoms with Gasteiger partial charge in [0.25, 0.3) is 0 Å². The van der Waals surface area contributed by atoms with Gasteiger partial charge in [0.15, 0.2) is 0 Å². The Labute approximate surface area is 172 Å². The van der Waals surface area contributed by atoms with E-state index in [4.69, 9.17) is 10.5 Å². The Bertz CT molecular complexity index is 662. The number of benzene rings is 1. The SMILES string of the molecule is CCCC(NC(=O)[C@H](CCc1ccccc1)NC(=O)CN1CCOCC1)C(N)=O. The van der Waals surface area contributed by atoms with Gasteiger partial charge < -0.3 is 21.1 Å². The maximum absolute atomic E-state index is 12.8. The molecule has 8 nitrogen and oxygen atoms in total. The molecule has 29 heavy (non-hydrogen) atoms. The highest BCUT2D eigenvalue weighted by molar-refractivity contribution is 5.91. The Kier molecular flexibility index (Phi) is 9.59. The van der Waals surface area contributed by atoms with Crippen LogP contribution in [0.3, 0.4) is 0 Å². The number of nitrogens with zero attached hydrogens (tertiary/aromatic N) is 1. The second kappa shape index (κ2) is 12.2. The fourth-order valence-electron chi connectivity index (χ4n) is 3.27.